The van der Waals surface area contributed by atoms with Gasteiger partial charge in [0.25, 0.3) is 11.2 Å². The van der Waals surface area contributed by atoms with E-state index in [0.717, 1.165) is 0 Å². The fourth-order valence-electron chi connectivity index (χ4n) is 1.65. The summed E-state index contributed by atoms with van der Waals surface area (Å²) in [5.74, 6) is 0. The van der Waals surface area contributed by atoms with Crippen LogP contribution < -0.4 is 5.56 Å². The molecule has 1 heterocycles. The Morgan fingerprint density at radius 1 is 1.24 bits per heavy atom. The molecular formula is C12H10N2O3. The highest BCUT2D eigenvalue weighted by Crippen LogP contribution is 2.19. The molecule has 0 N–H and O–H groups in total. The predicted molar refractivity (Wildman–Crippen MR) is 63.4 cm³/mol. The second-order valence-corrected chi connectivity index (χ2v) is 3.64. The molecule has 0 unspecified atom stereocenters. The number of rotatable bonds is 2. The minimum absolute atomic E-state index is 0.0234. The number of non-ortho nitro benzene ring substituents is 1. The van der Waals surface area contributed by atoms with E-state index >= 15 is 0 Å². The maximum Gasteiger partial charge on any atom is 0.269 e. The number of aromatic nitrogens is 1. The Morgan fingerprint density at radius 2 is 2.00 bits per heavy atom. The van der Waals surface area contributed by atoms with Crippen molar-refractivity contribution in [2.75, 3.05) is 0 Å². The lowest BCUT2D eigenvalue weighted by molar-refractivity contribution is -0.384. The van der Waals surface area contributed by atoms with Gasteiger partial charge < -0.3 is 0 Å². The lowest BCUT2D eigenvalue weighted by atomic mass is 10.1. The van der Waals surface area contributed by atoms with Gasteiger partial charge in [-0.15, -0.1) is 0 Å². The molecule has 0 aliphatic rings. The Bertz CT molecular complexity index is 632. The van der Waals surface area contributed by atoms with E-state index in [1.807, 2.05) is 0 Å². The number of nitrogens with zero attached hydrogens (tertiary/aromatic N) is 2. The van der Waals surface area contributed by atoms with E-state index in [4.69, 9.17) is 0 Å². The molecule has 0 spiro atoms. The van der Waals surface area contributed by atoms with Crippen molar-refractivity contribution in [2.24, 2.45) is 0 Å². The van der Waals surface area contributed by atoms with Crippen LogP contribution in [0.15, 0.2) is 47.4 Å². The summed E-state index contributed by atoms with van der Waals surface area (Å²) in [7, 11) is 0. The Hall–Kier alpha value is -2.43. The highest BCUT2D eigenvalue weighted by atomic mass is 16.6. The topological polar surface area (TPSA) is 65.1 Å². The number of pyridine rings is 1. The fraction of sp³-hybridized carbons (Fsp3) is 0.0833. The molecule has 5 nitrogen and oxygen atoms in total. The Kier molecular flexibility index (Phi) is 2.74. The van der Waals surface area contributed by atoms with Crippen LogP contribution in [0.2, 0.25) is 0 Å². The van der Waals surface area contributed by atoms with Crippen molar-refractivity contribution < 1.29 is 4.92 Å². The van der Waals surface area contributed by atoms with E-state index in [1.165, 1.54) is 22.8 Å². The molecule has 86 valence electrons. The first-order valence-electron chi connectivity index (χ1n) is 5.03. The molecule has 0 aliphatic carbocycles. The van der Waals surface area contributed by atoms with Gasteiger partial charge in [-0.3, -0.25) is 19.5 Å². The maximum atomic E-state index is 11.6. The molecule has 0 atom stereocenters. The van der Waals surface area contributed by atoms with E-state index in [-0.39, 0.29) is 11.2 Å². The average molecular weight is 230 g/mol. The van der Waals surface area contributed by atoms with Crippen molar-refractivity contribution in [2.45, 2.75) is 6.92 Å². The van der Waals surface area contributed by atoms with Crippen LogP contribution in [-0.4, -0.2) is 9.49 Å². The summed E-state index contributed by atoms with van der Waals surface area (Å²) in [5, 5.41) is 10.6. The van der Waals surface area contributed by atoms with Crippen LogP contribution in [0.1, 0.15) is 5.56 Å². The normalized spacial score (nSPS) is 10.2. The van der Waals surface area contributed by atoms with E-state index in [1.54, 1.807) is 31.3 Å². The zero-order chi connectivity index (χ0) is 12.4. The van der Waals surface area contributed by atoms with Gasteiger partial charge in [-0.1, -0.05) is 6.07 Å². The van der Waals surface area contributed by atoms with E-state index in [2.05, 4.69) is 0 Å². The molecule has 0 amide bonds. The van der Waals surface area contributed by atoms with Crippen molar-refractivity contribution in [3.8, 4) is 5.69 Å². The first-order chi connectivity index (χ1) is 8.09. The molecule has 0 saturated heterocycles. The minimum atomic E-state index is -0.454. The van der Waals surface area contributed by atoms with Crippen LogP contribution in [0.25, 0.3) is 5.69 Å². The second-order valence-electron chi connectivity index (χ2n) is 3.64. The zero-order valence-corrected chi connectivity index (χ0v) is 9.16. The van der Waals surface area contributed by atoms with E-state index < -0.39 is 4.92 Å². The smallest absolute Gasteiger partial charge is 0.269 e. The lowest BCUT2D eigenvalue weighted by Crippen LogP contribution is -2.16. The van der Waals surface area contributed by atoms with Gasteiger partial charge in [0, 0.05) is 24.4 Å². The van der Waals surface area contributed by atoms with Crippen LogP contribution in [0.3, 0.4) is 0 Å². The third-order valence-electron chi connectivity index (χ3n) is 2.47. The molecule has 2 aromatic rings. The summed E-state index contributed by atoms with van der Waals surface area (Å²) >= 11 is 0. The van der Waals surface area contributed by atoms with Crippen molar-refractivity contribution in [3.63, 3.8) is 0 Å². The molecule has 0 bridgehead atoms. The van der Waals surface area contributed by atoms with Crippen LogP contribution in [-0.2, 0) is 0 Å². The summed E-state index contributed by atoms with van der Waals surface area (Å²) in [6.45, 7) is 1.74. The summed E-state index contributed by atoms with van der Waals surface area (Å²) in [4.78, 5) is 21.8. The standard InChI is InChI=1S/C12H10N2O3/c1-9-8-10(14(16)17)5-6-11(9)13-7-3-2-4-12(13)15/h2-8H,1H3. The molecule has 0 saturated carbocycles. The van der Waals surface area contributed by atoms with Gasteiger partial charge in [-0.25, -0.2) is 0 Å². The van der Waals surface area contributed by atoms with E-state index in [9.17, 15) is 14.9 Å². The van der Waals surface area contributed by atoms with Gasteiger partial charge in [0.15, 0.2) is 0 Å². The number of hydrogen-bond donors (Lipinski definition) is 0. The molecule has 1 aromatic heterocycles. The third kappa shape index (κ3) is 2.08. The molecule has 0 fully saturated rings. The minimum Gasteiger partial charge on any atom is -0.284 e. The number of aryl methyl sites for hydroxylation is 1. The first-order valence-corrected chi connectivity index (χ1v) is 5.03. The van der Waals surface area contributed by atoms with Gasteiger partial charge in [0.2, 0.25) is 0 Å². The van der Waals surface area contributed by atoms with Crippen molar-refractivity contribution in [1.29, 1.82) is 0 Å². The highest BCUT2D eigenvalue weighted by Gasteiger charge is 2.09. The fourth-order valence-corrected chi connectivity index (χ4v) is 1.65. The van der Waals surface area contributed by atoms with Crippen LogP contribution >= 0.6 is 0 Å². The zero-order valence-electron chi connectivity index (χ0n) is 9.16. The molecule has 2 rings (SSSR count). The predicted octanol–water partition coefficient (Wildman–Crippen LogP) is 2.05. The number of nitro groups is 1. The molecule has 17 heavy (non-hydrogen) atoms. The third-order valence-corrected chi connectivity index (χ3v) is 2.47. The lowest BCUT2D eigenvalue weighted by Gasteiger charge is -2.07. The summed E-state index contributed by atoms with van der Waals surface area (Å²) < 4.78 is 1.46. The second kappa shape index (κ2) is 4.21. The molecule has 0 aliphatic heterocycles. The Labute approximate surface area is 97.1 Å². The number of hydrogen-bond acceptors (Lipinski definition) is 3. The monoisotopic (exact) mass is 230 g/mol. The first kappa shape index (κ1) is 11.1. The molecule has 1 aromatic carbocycles. The quantitative estimate of drug-likeness (QED) is 0.585. The van der Waals surface area contributed by atoms with Gasteiger partial charge in [0.05, 0.1) is 10.6 Å². The van der Waals surface area contributed by atoms with Crippen molar-refractivity contribution in [3.05, 3.63) is 68.6 Å². The van der Waals surface area contributed by atoms with Crippen LogP contribution in [0, 0.1) is 17.0 Å². The number of nitro benzene ring substituents is 1. The Balaban J connectivity index is 2.59. The number of benzene rings is 1. The van der Waals surface area contributed by atoms with Crippen molar-refractivity contribution in [1.82, 2.24) is 4.57 Å². The van der Waals surface area contributed by atoms with Gasteiger partial charge in [-0.2, -0.15) is 0 Å². The highest BCUT2D eigenvalue weighted by molar-refractivity contribution is 5.47. The van der Waals surface area contributed by atoms with Crippen LogP contribution in [0.5, 0.6) is 0 Å². The molecule has 0 radical (unpaired) electrons. The summed E-state index contributed by atoms with van der Waals surface area (Å²) in [5.41, 5.74) is 1.20. The summed E-state index contributed by atoms with van der Waals surface area (Å²) in [6, 6.07) is 9.26. The maximum absolute atomic E-state index is 11.6. The van der Waals surface area contributed by atoms with E-state index in [0.29, 0.717) is 11.3 Å². The van der Waals surface area contributed by atoms with Gasteiger partial charge in [0.1, 0.15) is 0 Å². The van der Waals surface area contributed by atoms with Crippen molar-refractivity contribution >= 4 is 5.69 Å². The molecule has 5 heteroatoms. The van der Waals surface area contributed by atoms with Gasteiger partial charge in [-0.05, 0) is 24.6 Å². The average Bonchev–Trinajstić information content (AvgIpc) is 2.30. The van der Waals surface area contributed by atoms with Gasteiger partial charge >= 0.3 is 0 Å². The largest absolute Gasteiger partial charge is 0.284 e. The molecular weight excluding hydrogens is 220 g/mol. The van der Waals surface area contributed by atoms with Crippen LogP contribution in [0.4, 0.5) is 5.69 Å². The SMILES string of the molecule is Cc1cc([N+](=O)[O-])ccc1-n1ccccc1=O. The summed E-state index contributed by atoms with van der Waals surface area (Å²) in [6.07, 6.45) is 1.64. The Morgan fingerprint density at radius 3 is 2.59 bits per heavy atom.